The van der Waals surface area contributed by atoms with E-state index in [1.165, 1.54) is 23.0 Å². The molecule has 17 heteroatoms. The van der Waals surface area contributed by atoms with Gasteiger partial charge in [-0.25, -0.2) is 19.2 Å². The number of benzene rings is 2. The first-order valence-electron chi connectivity index (χ1n) is 20.1. The third-order valence-electron chi connectivity index (χ3n) is 11.2. The van der Waals surface area contributed by atoms with E-state index in [1.54, 1.807) is 17.0 Å². The zero-order valence-electron chi connectivity index (χ0n) is 33.7. The van der Waals surface area contributed by atoms with Crippen molar-refractivity contribution < 1.29 is 41.4 Å². The number of carbonyl (C=O) groups is 3. The zero-order chi connectivity index (χ0) is 42.0. The molecule has 59 heavy (non-hydrogen) atoms. The molecule has 1 N–H and O–H groups in total. The molecule has 2 aromatic heterocycles. The third kappa shape index (κ3) is 9.40. The lowest BCUT2D eigenvalue weighted by Gasteiger charge is -2.39. The fraction of sp³-hybridized carbons (Fsp3) is 0.500. The highest BCUT2D eigenvalue weighted by molar-refractivity contribution is 5.96. The minimum Gasteiger partial charge on any atom is -0.444 e. The highest BCUT2D eigenvalue weighted by Crippen LogP contribution is 2.33. The highest BCUT2D eigenvalue weighted by atomic mass is 19.3. The molecule has 0 bridgehead atoms. The number of carbonyl (C=O) groups excluding carboxylic acids is 3. The molecule has 3 amide bonds. The van der Waals surface area contributed by atoms with Crippen molar-refractivity contribution in [2.45, 2.75) is 65.6 Å². The quantitative estimate of drug-likeness (QED) is 0.171. The number of hydrogen-bond acceptors (Lipinski definition) is 9. The number of hydrogen-bond donors (Lipinski definition) is 1. The predicted molar refractivity (Wildman–Crippen MR) is 212 cm³/mol. The van der Waals surface area contributed by atoms with Gasteiger partial charge < -0.3 is 29.5 Å². The number of imidazole rings is 1. The second-order valence-corrected chi connectivity index (χ2v) is 16.4. The van der Waals surface area contributed by atoms with Crippen LogP contribution < -0.4 is 10.1 Å². The van der Waals surface area contributed by atoms with Crippen LogP contribution in [0.5, 0.6) is 5.75 Å². The molecular weight excluding hydrogens is 773 g/mol. The molecule has 1 unspecified atom stereocenters. The van der Waals surface area contributed by atoms with Crippen LogP contribution >= 0.6 is 0 Å². The van der Waals surface area contributed by atoms with Gasteiger partial charge in [0.05, 0.1) is 11.9 Å². The molecule has 13 nitrogen and oxygen atoms in total. The van der Waals surface area contributed by atoms with E-state index in [2.05, 4.69) is 24.9 Å². The fourth-order valence-electron chi connectivity index (χ4n) is 8.18. The molecule has 3 aliphatic rings. The summed E-state index contributed by atoms with van der Waals surface area (Å²) in [6, 6.07) is 7.46. The van der Waals surface area contributed by atoms with Gasteiger partial charge in [0, 0.05) is 94.0 Å². The van der Waals surface area contributed by atoms with Crippen molar-refractivity contribution in [1.29, 1.82) is 0 Å². The van der Waals surface area contributed by atoms with Crippen LogP contribution in [0.4, 0.5) is 33.9 Å². The van der Waals surface area contributed by atoms with Crippen molar-refractivity contribution in [2.24, 2.45) is 11.8 Å². The van der Waals surface area contributed by atoms with E-state index in [1.807, 2.05) is 43.6 Å². The largest absolute Gasteiger partial charge is 0.444 e. The Labute approximate surface area is 340 Å². The first-order valence-corrected chi connectivity index (χ1v) is 20.1. The lowest BCUT2D eigenvalue weighted by Crippen LogP contribution is -2.52. The molecule has 316 valence electrons. The minimum absolute atomic E-state index is 0.0950. The van der Waals surface area contributed by atoms with Crippen molar-refractivity contribution in [3.05, 3.63) is 71.7 Å². The number of likely N-dealkylation sites (tertiary alicyclic amines) is 2. The number of piperazine rings is 1. The maximum absolute atomic E-state index is 15.0. The molecule has 2 aromatic carbocycles. The number of nitrogens with one attached hydrogen (secondary N) is 1. The van der Waals surface area contributed by atoms with E-state index in [9.17, 15) is 31.9 Å². The summed E-state index contributed by atoms with van der Waals surface area (Å²) >= 11 is 0. The van der Waals surface area contributed by atoms with Crippen LogP contribution in [0.15, 0.2) is 48.9 Å². The summed E-state index contributed by atoms with van der Waals surface area (Å²) in [5.41, 5.74) is 1.75. The first-order chi connectivity index (χ1) is 28.2. The summed E-state index contributed by atoms with van der Waals surface area (Å²) in [6.45, 7) is 10.4. The number of aryl methyl sites for hydroxylation is 1. The Morgan fingerprint density at radius 1 is 0.898 bits per heavy atom. The Hall–Kier alpha value is -5.45. The van der Waals surface area contributed by atoms with Crippen molar-refractivity contribution in [3.63, 3.8) is 0 Å². The number of anilines is 2. The van der Waals surface area contributed by atoms with Gasteiger partial charge in [0.15, 0.2) is 23.0 Å². The second-order valence-electron chi connectivity index (χ2n) is 16.4. The van der Waals surface area contributed by atoms with Crippen LogP contribution in [0.25, 0.3) is 16.9 Å². The minimum atomic E-state index is -3.31. The van der Waals surface area contributed by atoms with Gasteiger partial charge in [0.1, 0.15) is 5.60 Å². The van der Waals surface area contributed by atoms with Crippen LogP contribution in [0.2, 0.25) is 0 Å². The van der Waals surface area contributed by atoms with Crippen molar-refractivity contribution in [2.75, 3.05) is 64.2 Å². The van der Waals surface area contributed by atoms with Gasteiger partial charge in [0.25, 0.3) is 5.91 Å². The van der Waals surface area contributed by atoms with Crippen molar-refractivity contribution >= 4 is 35.1 Å². The number of aromatic nitrogens is 3. The van der Waals surface area contributed by atoms with Crippen LogP contribution in [0, 0.1) is 23.5 Å². The smallest absolute Gasteiger partial charge is 0.410 e. The van der Waals surface area contributed by atoms with Crippen LogP contribution in [0.3, 0.4) is 0 Å². The number of rotatable bonds is 10. The second kappa shape index (κ2) is 17.4. The number of fused-ring (bicyclic) bond motifs is 1. The highest BCUT2D eigenvalue weighted by Gasteiger charge is 2.35. The standard InChI is InChI=1S/C42H50F4N8O5/c1-5-27-22-29(49-36-37-48-23-32(54(37)17-13-47-36)31-8-9-33(58-40(45)46)35(44)34(31)43)6-7-30(27)39(56)51-15-11-28(12-16-51)38(55)52-20-18-50(19-21-52)24-26-10-14-53(25-26)41(57)59-42(2,3)4/h6-9,13,17,22-23,26,28,40H,5,10-12,14-16,18-21,24-25H2,1-4H3,(H,47,49). The Bertz CT molecular complexity index is 2180. The maximum Gasteiger partial charge on any atom is 0.410 e. The van der Waals surface area contributed by atoms with Crippen molar-refractivity contribution in [3.8, 4) is 17.0 Å². The molecule has 5 heterocycles. The summed E-state index contributed by atoms with van der Waals surface area (Å²) in [4.78, 5) is 56.6. The molecule has 0 radical (unpaired) electrons. The summed E-state index contributed by atoms with van der Waals surface area (Å²) in [5.74, 6) is -3.18. The maximum atomic E-state index is 15.0. The lowest BCUT2D eigenvalue weighted by molar-refractivity contribution is -0.138. The predicted octanol–water partition coefficient (Wildman–Crippen LogP) is 6.84. The average molecular weight is 823 g/mol. The Morgan fingerprint density at radius 3 is 2.32 bits per heavy atom. The Balaban J connectivity index is 0.916. The molecule has 3 aliphatic heterocycles. The van der Waals surface area contributed by atoms with E-state index >= 15 is 0 Å². The summed E-state index contributed by atoms with van der Waals surface area (Å²) in [6.07, 6.45) is 6.75. The fourth-order valence-corrected chi connectivity index (χ4v) is 8.18. The number of amides is 3. The summed E-state index contributed by atoms with van der Waals surface area (Å²) < 4.78 is 65.9. The molecule has 1 atom stereocenters. The van der Waals surface area contributed by atoms with E-state index in [0.29, 0.717) is 87.2 Å². The van der Waals surface area contributed by atoms with Gasteiger partial charge in [-0.15, -0.1) is 0 Å². The van der Waals surface area contributed by atoms with E-state index in [-0.39, 0.29) is 35.1 Å². The monoisotopic (exact) mass is 822 g/mol. The SMILES string of the molecule is CCc1cc(Nc2nccn3c(-c4ccc(OC(F)F)c(F)c4F)cnc23)ccc1C(=O)N1CCC(C(=O)N2CCN(CC3CCN(C(=O)OC(C)(C)C)C3)CC2)CC1. The number of halogens is 4. The molecule has 7 rings (SSSR count). The summed E-state index contributed by atoms with van der Waals surface area (Å²) in [5, 5.41) is 3.22. The number of alkyl halides is 2. The van der Waals surface area contributed by atoms with Crippen LogP contribution in [-0.2, 0) is 16.0 Å². The van der Waals surface area contributed by atoms with Gasteiger partial charge >= 0.3 is 12.7 Å². The van der Waals surface area contributed by atoms with Crippen LogP contribution in [-0.4, -0.2) is 123 Å². The Kier molecular flexibility index (Phi) is 12.3. The topological polar surface area (TPSA) is 125 Å². The van der Waals surface area contributed by atoms with Crippen LogP contribution in [0.1, 0.15) is 62.9 Å². The molecule has 4 aromatic rings. The van der Waals surface area contributed by atoms with Crippen molar-refractivity contribution in [1.82, 2.24) is 34.0 Å². The van der Waals surface area contributed by atoms with E-state index in [4.69, 9.17) is 4.74 Å². The average Bonchev–Trinajstić information content (AvgIpc) is 3.87. The zero-order valence-corrected chi connectivity index (χ0v) is 33.7. The summed E-state index contributed by atoms with van der Waals surface area (Å²) in [7, 11) is 0. The molecular formula is C42H50F4N8O5. The third-order valence-corrected chi connectivity index (χ3v) is 11.2. The van der Waals surface area contributed by atoms with E-state index in [0.717, 1.165) is 43.8 Å². The van der Waals surface area contributed by atoms with Gasteiger partial charge in [-0.1, -0.05) is 6.92 Å². The molecule has 3 saturated heterocycles. The molecule has 0 saturated carbocycles. The van der Waals surface area contributed by atoms with Gasteiger partial charge in [-0.3, -0.25) is 18.9 Å². The number of ether oxygens (including phenoxy) is 2. The first kappa shape index (κ1) is 41.7. The normalized spacial score (nSPS) is 18.2. The number of piperidine rings is 1. The van der Waals surface area contributed by atoms with Gasteiger partial charge in [0.2, 0.25) is 11.7 Å². The molecule has 0 spiro atoms. The van der Waals surface area contributed by atoms with Gasteiger partial charge in [-0.05, 0) is 88.3 Å². The van der Waals surface area contributed by atoms with E-state index < -0.39 is 29.6 Å². The molecule has 3 fully saturated rings. The van der Waals surface area contributed by atoms with Gasteiger partial charge in [-0.2, -0.15) is 13.2 Å². The molecule has 0 aliphatic carbocycles. The Morgan fingerprint density at radius 2 is 1.63 bits per heavy atom. The number of nitrogens with zero attached hydrogens (tertiary/aromatic N) is 7. The lowest BCUT2D eigenvalue weighted by atomic mass is 9.93.